The molecule has 0 aliphatic carbocycles. The van der Waals surface area contributed by atoms with Gasteiger partial charge < -0.3 is 10.2 Å². The van der Waals surface area contributed by atoms with Crippen molar-refractivity contribution < 1.29 is 14.0 Å². The average molecular weight is 350 g/mol. The third-order valence-electron chi connectivity index (χ3n) is 4.69. The van der Waals surface area contributed by atoms with Crippen molar-refractivity contribution in [1.29, 1.82) is 0 Å². The first-order chi connectivity index (χ1) is 11.6. The van der Waals surface area contributed by atoms with Gasteiger partial charge in [0.15, 0.2) is 5.78 Å². The van der Waals surface area contributed by atoms with Crippen LogP contribution in [0.1, 0.15) is 29.6 Å². The summed E-state index contributed by atoms with van der Waals surface area (Å²) in [4.78, 5) is 27.0. The van der Waals surface area contributed by atoms with E-state index in [0.29, 0.717) is 18.5 Å². The fraction of sp³-hybridized carbons (Fsp3) is 0.556. The minimum Gasteiger partial charge on any atom is -0.342 e. The maximum atomic E-state index is 13.0. The summed E-state index contributed by atoms with van der Waals surface area (Å²) in [6.07, 6.45) is 2.14. The molecule has 2 aliphatic heterocycles. The van der Waals surface area contributed by atoms with Crippen molar-refractivity contribution in [2.24, 2.45) is 5.92 Å². The maximum Gasteiger partial charge on any atom is 0.224 e. The van der Waals surface area contributed by atoms with Gasteiger partial charge in [0, 0.05) is 55.1 Å². The number of hydrogen-bond acceptors (Lipinski definition) is 4. The highest BCUT2D eigenvalue weighted by Gasteiger charge is 2.30. The van der Waals surface area contributed by atoms with E-state index in [-0.39, 0.29) is 29.5 Å². The lowest BCUT2D eigenvalue weighted by Gasteiger charge is -2.33. The van der Waals surface area contributed by atoms with Gasteiger partial charge in [0.05, 0.1) is 0 Å². The third kappa shape index (κ3) is 4.36. The first-order valence-corrected chi connectivity index (χ1v) is 9.67. The van der Waals surface area contributed by atoms with Gasteiger partial charge in [-0.25, -0.2) is 4.39 Å². The van der Waals surface area contributed by atoms with Crippen LogP contribution in [0.15, 0.2) is 24.3 Å². The predicted molar refractivity (Wildman–Crippen MR) is 93.8 cm³/mol. The van der Waals surface area contributed by atoms with E-state index in [1.807, 2.05) is 16.7 Å². The lowest BCUT2D eigenvalue weighted by Crippen LogP contribution is -2.46. The second-order valence-corrected chi connectivity index (χ2v) is 7.63. The number of carbonyl (C=O) groups is 2. The lowest BCUT2D eigenvalue weighted by atomic mass is 9.89. The van der Waals surface area contributed by atoms with Gasteiger partial charge in [-0.1, -0.05) is 0 Å². The van der Waals surface area contributed by atoms with Crippen LogP contribution in [0.2, 0.25) is 0 Å². The second kappa shape index (κ2) is 8.12. The minimum atomic E-state index is -0.343. The van der Waals surface area contributed by atoms with Gasteiger partial charge in [-0.2, -0.15) is 11.8 Å². The summed E-state index contributed by atoms with van der Waals surface area (Å²) in [5, 5.41) is 3.38. The normalized spacial score (nSPS) is 24.6. The van der Waals surface area contributed by atoms with E-state index >= 15 is 0 Å². The molecule has 4 nitrogen and oxygen atoms in total. The molecule has 2 fully saturated rings. The molecule has 2 heterocycles. The van der Waals surface area contributed by atoms with Gasteiger partial charge in [-0.15, -0.1) is 0 Å². The summed E-state index contributed by atoms with van der Waals surface area (Å²) >= 11 is 1.88. The number of ketones is 1. The molecule has 130 valence electrons. The van der Waals surface area contributed by atoms with Crippen LogP contribution in [0.25, 0.3) is 0 Å². The van der Waals surface area contributed by atoms with Crippen LogP contribution in [-0.4, -0.2) is 53.8 Å². The van der Waals surface area contributed by atoms with Gasteiger partial charge >= 0.3 is 0 Å². The lowest BCUT2D eigenvalue weighted by molar-refractivity contribution is -0.133. The molecule has 1 aromatic carbocycles. The van der Waals surface area contributed by atoms with Gasteiger partial charge in [-0.05, 0) is 37.1 Å². The number of rotatable bonds is 4. The molecule has 0 radical (unpaired) electrons. The Morgan fingerprint density at radius 3 is 2.79 bits per heavy atom. The number of nitrogens with one attached hydrogen (secondary N) is 1. The molecule has 24 heavy (non-hydrogen) atoms. The van der Waals surface area contributed by atoms with Crippen LogP contribution in [0.3, 0.4) is 0 Å². The summed E-state index contributed by atoms with van der Waals surface area (Å²) in [5.41, 5.74) is 0.529. The maximum absolute atomic E-state index is 13.0. The zero-order chi connectivity index (χ0) is 16.9. The average Bonchev–Trinajstić information content (AvgIpc) is 2.63. The van der Waals surface area contributed by atoms with E-state index in [9.17, 15) is 14.0 Å². The van der Waals surface area contributed by atoms with Gasteiger partial charge in [0.25, 0.3) is 0 Å². The molecule has 3 rings (SSSR count). The van der Waals surface area contributed by atoms with E-state index in [1.54, 1.807) is 0 Å². The zero-order valence-electron chi connectivity index (χ0n) is 13.7. The Hall–Kier alpha value is -1.40. The number of likely N-dealkylation sites (tertiary alicyclic amines) is 1. The molecule has 0 bridgehead atoms. The Labute approximate surface area is 146 Å². The third-order valence-corrected chi connectivity index (χ3v) is 5.82. The number of amides is 1. The van der Waals surface area contributed by atoms with Gasteiger partial charge in [-0.3, -0.25) is 9.59 Å². The molecule has 0 spiro atoms. The number of hydrogen-bond donors (Lipinski definition) is 1. The van der Waals surface area contributed by atoms with Crippen LogP contribution in [0.4, 0.5) is 4.39 Å². The fourth-order valence-electron chi connectivity index (χ4n) is 3.36. The van der Waals surface area contributed by atoms with Gasteiger partial charge in [0.2, 0.25) is 5.91 Å². The van der Waals surface area contributed by atoms with Crippen molar-refractivity contribution in [1.82, 2.24) is 10.2 Å². The van der Waals surface area contributed by atoms with Crippen molar-refractivity contribution in [3.05, 3.63) is 35.6 Å². The van der Waals surface area contributed by atoms with Crippen molar-refractivity contribution in [3.8, 4) is 0 Å². The number of benzene rings is 1. The Kier molecular flexibility index (Phi) is 5.89. The molecule has 0 aromatic heterocycles. The molecular formula is C18H23FN2O2S. The largest absolute Gasteiger partial charge is 0.342 e. The molecule has 2 aliphatic rings. The van der Waals surface area contributed by atoms with E-state index in [1.165, 1.54) is 24.3 Å². The number of nitrogens with zero attached hydrogens (tertiary/aromatic N) is 1. The molecule has 2 atom stereocenters. The van der Waals surface area contributed by atoms with Crippen LogP contribution in [0, 0.1) is 11.7 Å². The number of carbonyl (C=O) groups excluding carboxylic acids is 2. The van der Waals surface area contributed by atoms with Crippen LogP contribution < -0.4 is 5.32 Å². The smallest absolute Gasteiger partial charge is 0.224 e. The number of Topliss-reactive ketones (excluding diaryl/α,β-unsaturated/α-hetero) is 1. The van der Waals surface area contributed by atoms with Crippen LogP contribution in [0.5, 0.6) is 0 Å². The predicted octanol–water partition coefficient (Wildman–Crippen LogP) is 2.34. The number of piperidine rings is 1. The Bertz CT molecular complexity index is 587. The topological polar surface area (TPSA) is 49.4 Å². The first kappa shape index (κ1) is 17.4. The van der Waals surface area contributed by atoms with E-state index < -0.39 is 0 Å². The van der Waals surface area contributed by atoms with Gasteiger partial charge in [0.1, 0.15) is 5.82 Å². The molecule has 0 saturated carbocycles. The number of halogens is 1. The SMILES string of the molecule is O=C(c1ccc(F)cc1)C1CCCN(C(=O)CC2CSCCN2)C1. The summed E-state index contributed by atoms with van der Waals surface area (Å²) in [7, 11) is 0. The molecule has 6 heteroatoms. The summed E-state index contributed by atoms with van der Waals surface area (Å²) in [5.74, 6) is 1.69. The monoisotopic (exact) mass is 350 g/mol. The Balaban J connectivity index is 1.58. The standard InChI is InChI=1S/C18H23FN2O2S/c19-15-5-3-13(4-6-15)18(23)14-2-1-8-21(11-14)17(22)10-16-12-24-9-7-20-16/h3-6,14,16,20H,1-2,7-12H2. The van der Waals surface area contributed by atoms with Crippen molar-refractivity contribution >= 4 is 23.5 Å². The molecule has 2 unspecified atom stereocenters. The van der Waals surface area contributed by atoms with E-state index in [4.69, 9.17) is 0 Å². The summed E-state index contributed by atoms with van der Waals surface area (Å²) in [6.45, 7) is 2.16. The van der Waals surface area contributed by atoms with Crippen molar-refractivity contribution in [2.45, 2.75) is 25.3 Å². The van der Waals surface area contributed by atoms with Crippen LogP contribution in [-0.2, 0) is 4.79 Å². The first-order valence-electron chi connectivity index (χ1n) is 8.52. The highest BCUT2D eigenvalue weighted by molar-refractivity contribution is 7.99. The molecular weight excluding hydrogens is 327 g/mol. The highest BCUT2D eigenvalue weighted by Crippen LogP contribution is 2.22. The number of thioether (sulfide) groups is 1. The van der Waals surface area contributed by atoms with Crippen LogP contribution >= 0.6 is 11.8 Å². The minimum absolute atomic E-state index is 0.0128. The zero-order valence-corrected chi connectivity index (χ0v) is 14.5. The molecule has 1 aromatic rings. The van der Waals surface area contributed by atoms with E-state index in [0.717, 1.165) is 37.4 Å². The highest BCUT2D eigenvalue weighted by atomic mass is 32.2. The molecule has 1 N–H and O–H groups in total. The summed E-state index contributed by atoms with van der Waals surface area (Å²) < 4.78 is 13.0. The molecule has 2 saturated heterocycles. The quantitative estimate of drug-likeness (QED) is 0.847. The summed E-state index contributed by atoms with van der Waals surface area (Å²) in [6, 6.07) is 5.92. The fourth-order valence-corrected chi connectivity index (χ4v) is 4.31. The van der Waals surface area contributed by atoms with Crippen molar-refractivity contribution in [3.63, 3.8) is 0 Å². The van der Waals surface area contributed by atoms with Crippen molar-refractivity contribution in [2.75, 3.05) is 31.1 Å². The Morgan fingerprint density at radius 2 is 2.08 bits per heavy atom. The van der Waals surface area contributed by atoms with E-state index in [2.05, 4.69) is 5.32 Å². The molecule has 1 amide bonds. The second-order valence-electron chi connectivity index (χ2n) is 6.48. The Morgan fingerprint density at radius 1 is 1.29 bits per heavy atom.